The van der Waals surface area contributed by atoms with E-state index in [1.807, 2.05) is 35.2 Å². The van der Waals surface area contributed by atoms with Crippen molar-refractivity contribution in [3.05, 3.63) is 35.2 Å². The first kappa shape index (κ1) is 14.6. The van der Waals surface area contributed by atoms with E-state index in [2.05, 4.69) is 6.92 Å². The van der Waals surface area contributed by atoms with Crippen LogP contribution in [0.2, 0.25) is 0 Å². The first-order valence-corrected chi connectivity index (χ1v) is 8.85. The molecule has 120 valence electrons. The number of carbonyl (C=O) groups is 1. The Labute approximate surface area is 139 Å². The summed E-state index contributed by atoms with van der Waals surface area (Å²) in [6.45, 7) is 4.17. The molecule has 0 radical (unpaired) electrons. The summed E-state index contributed by atoms with van der Waals surface area (Å²) in [6.07, 6.45) is 2.21. The second kappa shape index (κ2) is 5.89. The molecule has 1 amide bonds. The lowest BCUT2D eigenvalue weighted by atomic mass is 10.1. The SMILES string of the molecule is C[C@@H]1CCCN1C(=O)c1ccc(-c2ccc3c(c2)OCCO3)s1. The predicted molar refractivity (Wildman–Crippen MR) is 90.5 cm³/mol. The Morgan fingerprint density at radius 2 is 2.00 bits per heavy atom. The minimum Gasteiger partial charge on any atom is -0.486 e. The molecule has 4 nitrogen and oxygen atoms in total. The van der Waals surface area contributed by atoms with Gasteiger partial charge in [-0.2, -0.15) is 0 Å². The van der Waals surface area contributed by atoms with Gasteiger partial charge in [0.25, 0.3) is 5.91 Å². The fraction of sp³-hybridized carbons (Fsp3) is 0.389. The average molecular weight is 329 g/mol. The van der Waals surface area contributed by atoms with Crippen molar-refractivity contribution in [1.29, 1.82) is 0 Å². The Balaban J connectivity index is 1.59. The third kappa shape index (κ3) is 2.70. The smallest absolute Gasteiger partial charge is 0.264 e. The van der Waals surface area contributed by atoms with Crippen molar-refractivity contribution in [2.75, 3.05) is 19.8 Å². The van der Waals surface area contributed by atoms with Gasteiger partial charge in [-0.15, -0.1) is 11.3 Å². The van der Waals surface area contributed by atoms with Gasteiger partial charge >= 0.3 is 0 Å². The third-order valence-electron chi connectivity index (χ3n) is 4.46. The van der Waals surface area contributed by atoms with Gasteiger partial charge in [0, 0.05) is 17.5 Å². The second-order valence-electron chi connectivity index (χ2n) is 6.01. The second-order valence-corrected chi connectivity index (χ2v) is 7.10. The van der Waals surface area contributed by atoms with Crippen LogP contribution in [-0.2, 0) is 0 Å². The Kier molecular flexibility index (Phi) is 3.73. The zero-order valence-corrected chi connectivity index (χ0v) is 13.9. The molecule has 2 aliphatic rings. The Morgan fingerprint density at radius 1 is 1.17 bits per heavy atom. The zero-order chi connectivity index (χ0) is 15.8. The van der Waals surface area contributed by atoms with Crippen molar-refractivity contribution >= 4 is 17.2 Å². The lowest BCUT2D eigenvalue weighted by Gasteiger charge is -2.20. The van der Waals surface area contributed by atoms with E-state index >= 15 is 0 Å². The molecule has 0 saturated carbocycles. The average Bonchev–Trinajstić information content (AvgIpc) is 3.23. The normalized spacial score (nSPS) is 19.9. The number of nitrogens with zero attached hydrogens (tertiary/aromatic N) is 1. The molecule has 3 heterocycles. The zero-order valence-electron chi connectivity index (χ0n) is 13.1. The van der Waals surface area contributed by atoms with E-state index in [-0.39, 0.29) is 5.91 Å². The van der Waals surface area contributed by atoms with Gasteiger partial charge in [0.05, 0.1) is 4.88 Å². The molecule has 0 bridgehead atoms. The Bertz CT molecular complexity index is 740. The van der Waals surface area contributed by atoms with Crippen LogP contribution < -0.4 is 9.47 Å². The fourth-order valence-electron chi connectivity index (χ4n) is 3.18. The molecule has 1 fully saturated rings. The van der Waals surface area contributed by atoms with Crippen LogP contribution in [0.25, 0.3) is 10.4 Å². The standard InChI is InChI=1S/C18H19NO3S/c1-12-3-2-8-19(12)18(20)17-7-6-16(23-17)13-4-5-14-15(11-13)22-10-9-21-14/h4-7,11-12H,2-3,8-10H2,1H3/t12-/m1/s1. The van der Waals surface area contributed by atoms with E-state index in [9.17, 15) is 4.79 Å². The monoisotopic (exact) mass is 329 g/mol. The highest BCUT2D eigenvalue weighted by Crippen LogP contribution is 2.37. The van der Waals surface area contributed by atoms with E-state index in [4.69, 9.17) is 9.47 Å². The molecule has 1 aromatic heterocycles. The third-order valence-corrected chi connectivity index (χ3v) is 5.58. The molecule has 0 N–H and O–H groups in total. The summed E-state index contributed by atoms with van der Waals surface area (Å²) < 4.78 is 11.2. The summed E-state index contributed by atoms with van der Waals surface area (Å²) in [4.78, 5) is 16.5. The summed E-state index contributed by atoms with van der Waals surface area (Å²) in [5.41, 5.74) is 1.06. The molecule has 0 spiro atoms. The number of hydrogen-bond acceptors (Lipinski definition) is 4. The summed E-state index contributed by atoms with van der Waals surface area (Å²) in [5.74, 6) is 1.73. The maximum absolute atomic E-state index is 12.6. The number of carbonyl (C=O) groups excluding carboxylic acids is 1. The van der Waals surface area contributed by atoms with Crippen LogP contribution in [0, 0.1) is 0 Å². The number of rotatable bonds is 2. The summed E-state index contributed by atoms with van der Waals surface area (Å²) in [7, 11) is 0. The van der Waals surface area contributed by atoms with Gasteiger partial charge in [0.15, 0.2) is 11.5 Å². The van der Waals surface area contributed by atoms with E-state index in [0.717, 1.165) is 46.2 Å². The molecular weight excluding hydrogens is 310 g/mol. The summed E-state index contributed by atoms with van der Waals surface area (Å²) in [5, 5.41) is 0. The van der Waals surface area contributed by atoms with Gasteiger partial charge in [-0.1, -0.05) is 0 Å². The molecule has 1 aromatic carbocycles. The molecule has 1 atom stereocenters. The van der Waals surface area contributed by atoms with Crippen molar-refractivity contribution in [2.24, 2.45) is 0 Å². The molecular formula is C18H19NO3S. The summed E-state index contributed by atoms with van der Waals surface area (Å²) in [6, 6.07) is 10.3. The van der Waals surface area contributed by atoms with Crippen LogP contribution in [-0.4, -0.2) is 36.6 Å². The van der Waals surface area contributed by atoms with Gasteiger partial charge in [-0.25, -0.2) is 0 Å². The van der Waals surface area contributed by atoms with Crippen molar-refractivity contribution in [3.8, 4) is 21.9 Å². The van der Waals surface area contributed by atoms with Crippen LogP contribution in [0.4, 0.5) is 0 Å². The first-order valence-electron chi connectivity index (χ1n) is 8.03. The maximum atomic E-state index is 12.6. The topological polar surface area (TPSA) is 38.8 Å². The molecule has 23 heavy (non-hydrogen) atoms. The highest BCUT2D eigenvalue weighted by Gasteiger charge is 2.27. The number of ether oxygens (including phenoxy) is 2. The summed E-state index contributed by atoms with van der Waals surface area (Å²) >= 11 is 1.55. The van der Waals surface area contributed by atoms with Crippen molar-refractivity contribution in [1.82, 2.24) is 4.90 Å². The number of thiophene rings is 1. The van der Waals surface area contributed by atoms with Crippen LogP contribution in [0.15, 0.2) is 30.3 Å². The largest absolute Gasteiger partial charge is 0.486 e. The lowest BCUT2D eigenvalue weighted by Crippen LogP contribution is -2.32. The van der Waals surface area contributed by atoms with E-state index in [0.29, 0.717) is 19.3 Å². The molecule has 4 rings (SSSR count). The maximum Gasteiger partial charge on any atom is 0.264 e. The number of benzene rings is 1. The quantitative estimate of drug-likeness (QED) is 0.841. The number of hydrogen-bond donors (Lipinski definition) is 0. The molecule has 2 aliphatic heterocycles. The first-order chi connectivity index (χ1) is 11.2. The predicted octanol–water partition coefficient (Wildman–Crippen LogP) is 3.81. The fourth-order valence-corrected chi connectivity index (χ4v) is 4.14. The minimum atomic E-state index is 0.156. The number of fused-ring (bicyclic) bond motifs is 1. The van der Waals surface area contributed by atoms with Crippen LogP contribution in [0.3, 0.4) is 0 Å². The molecule has 1 saturated heterocycles. The van der Waals surface area contributed by atoms with E-state index < -0.39 is 0 Å². The molecule has 0 unspecified atom stereocenters. The van der Waals surface area contributed by atoms with Gasteiger partial charge in [-0.05, 0) is 55.7 Å². The van der Waals surface area contributed by atoms with E-state index in [1.165, 1.54) is 0 Å². The van der Waals surface area contributed by atoms with Gasteiger partial charge in [0.2, 0.25) is 0 Å². The van der Waals surface area contributed by atoms with Crippen molar-refractivity contribution in [2.45, 2.75) is 25.8 Å². The Hall–Kier alpha value is -2.01. The van der Waals surface area contributed by atoms with Crippen molar-refractivity contribution < 1.29 is 14.3 Å². The van der Waals surface area contributed by atoms with Gasteiger partial charge in [-0.3, -0.25) is 4.79 Å². The minimum absolute atomic E-state index is 0.156. The van der Waals surface area contributed by atoms with Crippen LogP contribution >= 0.6 is 11.3 Å². The molecule has 5 heteroatoms. The highest BCUT2D eigenvalue weighted by atomic mass is 32.1. The molecule has 0 aliphatic carbocycles. The van der Waals surface area contributed by atoms with E-state index in [1.54, 1.807) is 11.3 Å². The van der Waals surface area contributed by atoms with Crippen molar-refractivity contribution in [3.63, 3.8) is 0 Å². The number of likely N-dealkylation sites (tertiary alicyclic amines) is 1. The number of amides is 1. The van der Waals surface area contributed by atoms with Crippen LogP contribution in [0.1, 0.15) is 29.4 Å². The molecule has 2 aromatic rings. The van der Waals surface area contributed by atoms with Gasteiger partial charge in [0.1, 0.15) is 13.2 Å². The van der Waals surface area contributed by atoms with Gasteiger partial charge < -0.3 is 14.4 Å². The highest BCUT2D eigenvalue weighted by molar-refractivity contribution is 7.17. The Morgan fingerprint density at radius 3 is 2.78 bits per heavy atom. The lowest BCUT2D eigenvalue weighted by molar-refractivity contribution is 0.0752. The van der Waals surface area contributed by atoms with Crippen LogP contribution in [0.5, 0.6) is 11.5 Å².